The van der Waals surface area contributed by atoms with Crippen molar-refractivity contribution >= 4 is 34.7 Å². The molecule has 1 amide bonds. The lowest BCUT2D eigenvalue weighted by atomic mass is 9.99. The Balaban J connectivity index is 1.49. The van der Waals surface area contributed by atoms with Crippen LogP contribution in [0.2, 0.25) is 5.02 Å². The number of aromatic nitrogens is 4. The Bertz CT molecular complexity index is 1080. The lowest BCUT2D eigenvalue weighted by molar-refractivity contribution is -0.116. The van der Waals surface area contributed by atoms with Crippen LogP contribution in [0.5, 0.6) is 0 Å². The lowest BCUT2D eigenvalue weighted by Gasteiger charge is -2.34. The van der Waals surface area contributed by atoms with Gasteiger partial charge in [0.05, 0.1) is 11.4 Å². The third kappa shape index (κ3) is 4.26. The van der Waals surface area contributed by atoms with Gasteiger partial charge < -0.3 is 10.2 Å². The molecule has 1 aliphatic heterocycles. The molecule has 0 saturated carbocycles. The van der Waals surface area contributed by atoms with Crippen molar-refractivity contribution in [3.63, 3.8) is 0 Å². The van der Waals surface area contributed by atoms with Crippen LogP contribution in [0, 0.1) is 19.8 Å². The molecule has 1 unspecified atom stereocenters. The van der Waals surface area contributed by atoms with Crippen LogP contribution >= 0.6 is 11.6 Å². The third-order valence-corrected chi connectivity index (χ3v) is 6.06. The van der Waals surface area contributed by atoms with Crippen molar-refractivity contribution in [2.75, 3.05) is 23.3 Å². The van der Waals surface area contributed by atoms with Crippen LogP contribution in [-0.2, 0) is 11.2 Å². The van der Waals surface area contributed by atoms with Crippen molar-refractivity contribution in [1.29, 1.82) is 0 Å². The normalized spacial score (nSPS) is 16.8. The number of rotatable bonds is 5. The first-order chi connectivity index (χ1) is 14.4. The first-order valence-electron chi connectivity index (χ1n) is 10.4. The summed E-state index contributed by atoms with van der Waals surface area (Å²) in [5, 5.41) is 7.92. The Labute approximate surface area is 181 Å². The molecule has 4 rings (SSSR count). The fourth-order valence-electron chi connectivity index (χ4n) is 4.26. The van der Waals surface area contributed by atoms with E-state index in [0.29, 0.717) is 29.6 Å². The molecule has 3 heterocycles. The number of piperidine rings is 1. The minimum atomic E-state index is -0.0407. The Morgan fingerprint density at radius 1 is 1.33 bits per heavy atom. The van der Waals surface area contributed by atoms with Gasteiger partial charge in [0.2, 0.25) is 5.91 Å². The number of hydrogen-bond acceptors (Lipinski definition) is 5. The molecule has 1 atom stereocenters. The summed E-state index contributed by atoms with van der Waals surface area (Å²) in [6.45, 7) is 8.19. The molecule has 8 heteroatoms. The van der Waals surface area contributed by atoms with Crippen LogP contribution in [0.15, 0.2) is 24.5 Å². The summed E-state index contributed by atoms with van der Waals surface area (Å²) in [5.74, 6) is 1.18. The summed E-state index contributed by atoms with van der Waals surface area (Å²) in [7, 11) is 0. The Kier molecular flexibility index (Phi) is 5.90. The summed E-state index contributed by atoms with van der Waals surface area (Å²) >= 11 is 6.23. The van der Waals surface area contributed by atoms with Gasteiger partial charge in [-0.25, -0.2) is 9.50 Å². The molecule has 0 spiro atoms. The van der Waals surface area contributed by atoms with Gasteiger partial charge in [0.1, 0.15) is 6.33 Å². The molecule has 158 valence electrons. The van der Waals surface area contributed by atoms with E-state index in [1.807, 2.05) is 32.0 Å². The van der Waals surface area contributed by atoms with E-state index in [4.69, 9.17) is 11.6 Å². The molecule has 7 nitrogen and oxygen atoms in total. The van der Waals surface area contributed by atoms with E-state index in [1.165, 1.54) is 12.7 Å². The molecule has 0 bridgehead atoms. The highest BCUT2D eigenvalue weighted by molar-refractivity contribution is 6.31. The Morgan fingerprint density at radius 3 is 2.97 bits per heavy atom. The van der Waals surface area contributed by atoms with Crippen LogP contribution in [0.4, 0.5) is 11.4 Å². The van der Waals surface area contributed by atoms with Gasteiger partial charge >= 0.3 is 0 Å². The van der Waals surface area contributed by atoms with Crippen LogP contribution in [-0.4, -0.2) is 38.6 Å². The van der Waals surface area contributed by atoms with Crippen LogP contribution in [0.25, 0.3) is 5.78 Å². The molecule has 1 N–H and O–H groups in total. The average molecular weight is 427 g/mol. The second-order valence-corrected chi connectivity index (χ2v) is 8.57. The molecular weight excluding hydrogens is 400 g/mol. The number of fused-ring (bicyclic) bond motifs is 1. The fourth-order valence-corrected chi connectivity index (χ4v) is 4.43. The van der Waals surface area contributed by atoms with Gasteiger partial charge in [-0.05, 0) is 62.8 Å². The second-order valence-electron chi connectivity index (χ2n) is 8.14. The van der Waals surface area contributed by atoms with E-state index in [9.17, 15) is 4.79 Å². The summed E-state index contributed by atoms with van der Waals surface area (Å²) in [6, 6.07) is 5.73. The number of amides is 1. The number of carbonyl (C=O) groups excluding carboxylic acids is 1. The standard InChI is InChI=1S/C22H27ClN6O/c1-14-5-4-10-28(12-14)20-8-6-17(23)11-19(20)27-21(30)9-7-18-15(2)26-22-24-13-25-29(22)16(18)3/h6,8,11,13-14H,4-5,7,9-10,12H2,1-3H3,(H,27,30). The van der Waals surface area contributed by atoms with Gasteiger partial charge in [0.15, 0.2) is 0 Å². The van der Waals surface area contributed by atoms with E-state index < -0.39 is 0 Å². The topological polar surface area (TPSA) is 75.4 Å². The van der Waals surface area contributed by atoms with E-state index in [-0.39, 0.29) is 5.91 Å². The molecule has 0 radical (unpaired) electrons. The Morgan fingerprint density at radius 2 is 2.17 bits per heavy atom. The highest BCUT2D eigenvalue weighted by Gasteiger charge is 2.20. The van der Waals surface area contributed by atoms with E-state index >= 15 is 0 Å². The number of hydrogen-bond donors (Lipinski definition) is 1. The quantitative estimate of drug-likeness (QED) is 0.661. The molecular formula is C22H27ClN6O. The molecule has 1 saturated heterocycles. The zero-order valence-corrected chi connectivity index (χ0v) is 18.4. The summed E-state index contributed by atoms with van der Waals surface area (Å²) in [5.41, 5.74) is 4.69. The van der Waals surface area contributed by atoms with Crippen molar-refractivity contribution in [2.45, 2.75) is 46.5 Å². The average Bonchev–Trinajstić information content (AvgIpc) is 3.16. The van der Waals surface area contributed by atoms with Crippen molar-refractivity contribution in [1.82, 2.24) is 19.6 Å². The predicted octanol–water partition coefficient (Wildman–Crippen LogP) is 4.20. The molecule has 30 heavy (non-hydrogen) atoms. The molecule has 3 aromatic rings. The van der Waals surface area contributed by atoms with Gasteiger partial charge in [-0.2, -0.15) is 10.1 Å². The smallest absolute Gasteiger partial charge is 0.252 e. The Hall–Kier alpha value is -2.67. The predicted molar refractivity (Wildman–Crippen MR) is 119 cm³/mol. The second kappa shape index (κ2) is 8.60. The largest absolute Gasteiger partial charge is 0.370 e. The number of anilines is 2. The summed E-state index contributed by atoms with van der Waals surface area (Å²) in [6.07, 6.45) is 4.84. The zero-order valence-electron chi connectivity index (χ0n) is 17.7. The minimum Gasteiger partial charge on any atom is -0.370 e. The SMILES string of the molecule is Cc1nc2ncnn2c(C)c1CCC(=O)Nc1cc(Cl)ccc1N1CCCC(C)C1. The van der Waals surface area contributed by atoms with Gasteiger partial charge in [-0.3, -0.25) is 4.79 Å². The maximum atomic E-state index is 12.8. The third-order valence-electron chi connectivity index (χ3n) is 5.82. The van der Waals surface area contributed by atoms with Gasteiger partial charge in [-0.15, -0.1) is 0 Å². The number of nitrogens with zero attached hydrogens (tertiary/aromatic N) is 5. The number of aryl methyl sites for hydroxylation is 2. The number of nitrogens with one attached hydrogen (secondary N) is 1. The maximum Gasteiger partial charge on any atom is 0.252 e. The van der Waals surface area contributed by atoms with Crippen LogP contribution in [0.3, 0.4) is 0 Å². The van der Waals surface area contributed by atoms with Crippen molar-refractivity contribution in [2.24, 2.45) is 5.92 Å². The lowest BCUT2D eigenvalue weighted by Crippen LogP contribution is -2.34. The van der Waals surface area contributed by atoms with E-state index in [2.05, 4.69) is 32.2 Å². The molecule has 1 aromatic carbocycles. The number of halogens is 1. The first-order valence-corrected chi connectivity index (χ1v) is 10.8. The van der Waals surface area contributed by atoms with Crippen molar-refractivity contribution in [3.8, 4) is 0 Å². The summed E-state index contributed by atoms with van der Waals surface area (Å²) in [4.78, 5) is 23.8. The number of benzene rings is 1. The molecule has 1 fully saturated rings. The zero-order chi connectivity index (χ0) is 21.3. The van der Waals surface area contributed by atoms with E-state index in [0.717, 1.165) is 47.8 Å². The van der Waals surface area contributed by atoms with Crippen molar-refractivity contribution < 1.29 is 4.79 Å². The molecule has 2 aromatic heterocycles. The summed E-state index contributed by atoms with van der Waals surface area (Å²) < 4.78 is 1.72. The molecule has 1 aliphatic rings. The van der Waals surface area contributed by atoms with Crippen LogP contribution < -0.4 is 10.2 Å². The monoisotopic (exact) mass is 426 g/mol. The maximum absolute atomic E-state index is 12.8. The first kappa shape index (κ1) is 20.6. The highest BCUT2D eigenvalue weighted by Crippen LogP contribution is 2.32. The van der Waals surface area contributed by atoms with Crippen LogP contribution in [0.1, 0.15) is 43.1 Å². The number of carbonyl (C=O) groups is 1. The molecule has 0 aliphatic carbocycles. The van der Waals surface area contributed by atoms with E-state index in [1.54, 1.807) is 4.52 Å². The van der Waals surface area contributed by atoms with Gasteiger partial charge in [0, 0.05) is 35.9 Å². The van der Waals surface area contributed by atoms with Gasteiger partial charge in [0.25, 0.3) is 5.78 Å². The highest BCUT2D eigenvalue weighted by atomic mass is 35.5. The fraction of sp³-hybridized carbons (Fsp3) is 0.455. The van der Waals surface area contributed by atoms with Crippen molar-refractivity contribution in [3.05, 3.63) is 46.5 Å². The van der Waals surface area contributed by atoms with Gasteiger partial charge in [-0.1, -0.05) is 18.5 Å². The minimum absolute atomic E-state index is 0.0407.